The van der Waals surface area contributed by atoms with Gasteiger partial charge in [-0.25, -0.2) is 0 Å². The number of nitrogens with one attached hydrogen (secondary N) is 1. The van der Waals surface area contributed by atoms with E-state index in [4.69, 9.17) is 14.2 Å². The molecular weight excluding hydrogens is 408 g/mol. The molecule has 0 spiro atoms. The van der Waals surface area contributed by atoms with Crippen LogP contribution in [0.15, 0.2) is 41.4 Å². The molecule has 0 aromatic heterocycles. The normalized spacial score (nSPS) is 13.3. The van der Waals surface area contributed by atoms with Crippen molar-refractivity contribution in [3.05, 3.63) is 53.1 Å². The van der Waals surface area contributed by atoms with Crippen LogP contribution in [0.3, 0.4) is 0 Å². The van der Waals surface area contributed by atoms with Crippen molar-refractivity contribution in [2.45, 2.75) is 19.5 Å². The fraction of sp³-hybridized carbons (Fsp3) is 0.417. The Bertz CT molecular complexity index is 974. The van der Waals surface area contributed by atoms with E-state index < -0.39 is 0 Å². The van der Waals surface area contributed by atoms with E-state index in [1.807, 2.05) is 30.3 Å². The van der Waals surface area contributed by atoms with Gasteiger partial charge >= 0.3 is 0 Å². The van der Waals surface area contributed by atoms with Gasteiger partial charge in [0.05, 0.1) is 14.2 Å². The van der Waals surface area contributed by atoms with Gasteiger partial charge in [0.25, 0.3) is 5.91 Å². The molecule has 0 radical (unpaired) electrons. The average Bonchev–Trinajstić information content (AvgIpc) is 2.82. The summed E-state index contributed by atoms with van der Waals surface area (Å²) in [6.07, 6.45) is 0.902. The lowest BCUT2D eigenvalue weighted by atomic mass is 9.99. The zero-order valence-electron chi connectivity index (χ0n) is 19.5. The largest absolute Gasteiger partial charge is 0.493 e. The minimum absolute atomic E-state index is 0.0208. The van der Waals surface area contributed by atoms with Crippen LogP contribution in [-0.4, -0.2) is 70.2 Å². The van der Waals surface area contributed by atoms with E-state index >= 15 is 0 Å². The number of nitrogens with zero attached hydrogens (tertiary/aromatic N) is 3. The summed E-state index contributed by atoms with van der Waals surface area (Å²) in [6.45, 7) is 2.22. The summed E-state index contributed by atoms with van der Waals surface area (Å²) >= 11 is 0. The Morgan fingerprint density at radius 2 is 1.84 bits per heavy atom. The van der Waals surface area contributed by atoms with Crippen molar-refractivity contribution in [3.8, 4) is 17.2 Å². The number of amides is 1. The predicted octanol–water partition coefficient (Wildman–Crippen LogP) is 2.30. The number of hydrogen-bond acceptors (Lipinski definition) is 5. The number of rotatable bonds is 7. The van der Waals surface area contributed by atoms with Crippen molar-refractivity contribution in [1.29, 1.82) is 0 Å². The molecule has 0 atom stereocenters. The Morgan fingerprint density at radius 3 is 2.50 bits per heavy atom. The van der Waals surface area contributed by atoms with Gasteiger partial charge in [0.2, 0.25) is 0 Å². The molecule has 1 heterocycles. The molecule has 1 amide bonds. The first-order chi connectivity index (χ1) is 15.4. The molecule has 8 heteroatoms. The molecule has 1 N–H and O–H groups in total. The van der Waals surface area contributed by atoms with E-state index in [1.54, 1.807) is 35.4 Å². The number of methoxy groups -OCH3 is 2. The molecule has 1 aliphatic heterocycles. The summed E-state index contributed by atoms with van der Waals surface area (Å²) in [5.74, 6) is 2.92. The highest BCUT2D eigenvalue weighted by Crippen LogP contribution is 2.33. The quantitative estimate of drug-likeness (QED) is 0.526. The highest BCUT2D eigenvalue weighted by Gasteiger charge is 2.21. The number of benzene rings is 2. The highest BCUT2D eigenvalue weighted by atomic mass is 16.5. The number of carbonyl (C=O) groups excluding carboxylic acids is 1. The number of aliphatic imine (C=N–C) groups is 1. The van der Waals surface area contributed by atoms with Gasteiger partial charge in [-0.05, 0) is 47.4 Å². The Hall–Kier alpha value is -3.42. The first-order valence-electron chi connectivity index (χ1n) is 10.6. The number of likely N-dealkylation sites (N-methyl/N-ethyl adjacent to an activating group) is 1. The zero-order valence-corrected chi connectivity index (χ0v) is 19.5. The van der Waals surface area contributed by atoms with Crippen LogP contribution in [0.2, 0.25) is 0 Å². The van der Waals surface area contributed by atoms with Crippen LogP contribution in [0.25, 0.3) is 0 Å². The molecule has 8 nitrogen and oxygen atoms in total. The lowest BCUT2D eigenvalue weighted by Gasteiger charge is -2.32. The summed E-state index contributed by atoms with van der Waals surface area (Å²) in [4.78, 5) is 20.0. The molecule has 0 saturated carbocycles. The number of guanidine groups is 1. The van der Waals surface area contributed by atoms with E-state index in [0.29, 0.717) is 12.3 Å². The Balaban J connectivity index is 1.62. The maximum atomic E-state index is 11.7. The molecule has 0 fully saturated rings. The van der Waals surface area contributed by atoms with Gasteiger partial charge < -0.3 is 29.3 Å². The zero-order chi connectivity index (χ0) is 23.1. The van der Waals surface area contributed by atoms with Crippen LogP contribution in [0, 0.1) is 0 Å². The van der Waals surface area contributed by atoms with Gasteiger partial charge in [-0.2, -0.15) is 0 Å². The van der Waals surface area contributed by atoms with Crippen molar-refractivity contribution in [1.82, 2.24) is 15.1 Å². The molecule has 0 aliphatic carbocycles. The van der Waals surface area contributed by atoms with Gasteiger partial charge in [0.15, 0.2) is 24.1 Å². The van der Waals surface area contributed by atoms with E-state index in [1.165, 1.54) is 16.0 Å². The van der Waals surface area contributed by atoms with Crippen LogP contribution < -0.4 is 19.5 Å². The van der Waals surface area contributed by atoms with E-state index in [9.17, 15) is 4.79 Å². The number of fused-ring (bicyclic) bond motifs is 1. The minimum Gasteiger partial charge on any atom is -0.493 e. The molecule has 0 bridgehead atoms. The van der Waals surface area contributed by atoms with Crippen LogP contribution in [-0.2, 0) is 24.3 Å². The highest BCUT2D eigenvalue weighted by molar-refractivity contribution is 5.80. The number of ether oxygens (including phenoxy) is 3. The van der Waals surface area contributed by atoms with E-state index in [2.05, 4.69) is 21.3 Å². The minimum atomic E-state index is -0.0754. The van der Waals surface area contributed by atoms with Crippen molar-refractivity contribution in [2.75, 3.05) is 48.5 Å². The fourth-order valence-electron chi connectivity index (χ4n) is 3.60. The lowest BCUT2D eigenvalue weighted by Crippen LogP contribution is -2.43. The summed E-state index contributed by atoms with van der Waals surface area (Å²) in [6, 6.07) is 11.8. The number of carbonyl (C=O) groups is 1. The smallest absolute Gasteiger partial charge is 0.259 e. The van der Waals surface area contributed by atoms with Gasteiger partial charge in [0.1, 0.15) is 5.75 Å². The molecule has 0 unspecified atom stereocenters. The van der Waals surface area contributed by atoms with Gasteiger partial charge in [-0.15, -0.1) is 0 Å². The molecule has 3 rings (SSSR count). The van der Waals surface area contributed by atoms with E-state index in [0.717, 1.165) is 42.5 Å². The third-order valence-corrected chi connectivity index (χ3v) is 5.44. The first-order valence-corrected chi connectivity index (χ1v) is 10.6. The standard InChI is InChI=1S/C24H32N4O4/c1-25-24(26-14-17-7-6-8-20(11-17)32-16-23(29)27(2)3)28-10-9-18-12-21(30-4)22(31-5)13-19(18)15-28/h6-8,11-13H,9-10,14-16H2,1-5H3,(H,25,26). The molecule has 2 aromatic carbocycles. The topological polar surface area (TPSA) is 75.6 Å². The SMILES string of the molecule is CN=C(NCc1cccc(OCC(=O)N(C)C)c1)N1CCc2cc(OC)c(OC)cc2C1. The van der Waals surface area contributed by atoms with Crippen LogP contribution >= 0.6 is 0 Å². The average molecular weight is 441 g/mol. The lowest BCUT2D eigenvalue weighted by molar-refractivity contribution is -0.130. The molecule has 32 heavy (non-hydrogen) atoms. The summed E-state index contributed by atoms with van der Waals surface area (Å²) in [5.41, 5.74) is 3.52. The maximum absolute atomic E-state index is 11.7. The molecular formula is C24H32N4O4. The van der Waals surface area contributed by atoms with E-state index in [-0.39, 0.29) is 12.5 Å². The molecule has 172 valence electrons. The Morgan fingerprint density at radius 1 is 1.12 bits per heavy atom. The second-order valence-electron chi connectivity index (χ2n) is 7.77. The van der Waals surface area contributed by atoms with Gasteiger partial charge in [-0.3, -0.25) is 9.79 Å². The Kier molecular flexibility index (Phi) is 7.81. The summed E-state index contributed by atoms with van der Waals surface area (Å²) in [7, 11) is 8.52. The predicted molar refractivity (Wildman–Crippen MR) is 124 cm³/mol. The third kappa shape index (κ3) is 5.63. The van der Waals surface area contributed by atoms with Crippen LogP contribution in [0.5, 0.6) is 17.2 Å². The third-order valence-electron chi connectivity index (χ3n) is 5.44. The van der Waals surface area contributed by atoms with Crippen molar-refractivity contribution in [3.63, 3.8) is 0 Å². The first kappa shape index (κ1) is 23.2. The molecule has 1 aliphatic rings. The fourth-order valence-corrected chi connectivity index (χ4v) is 3.60. The van der Waals surface area contributed by atoms with Crippen molar-refractivity contribution < 1.29 is 19.0 Å². The monoisotopic (exact) mass is 440 g/mol. The second kappa shape index (κ2) is 10.7. The van der Waals surface area contributed by atoms with Crippen molar-refractivity contribution >= 4 is 11.9 Å². The Labute approximate surface area is 189 Å². The number of hydrogen-bond donors (Lipinski definition) is 1. The molecule has 0 saturated heterocycles. The van der Waals surface area contributed by atoms with Gasteiger partial charge in [0, 0.05) is 40.8 Å². The van der Waals surface area contributed by atoms with Crippen LogP contribution in [0.1, 0.15) is 16.7 Å². The summed E-state index contributed by atoms with van der Waals surface area (Å²) < 4.78 is 16.5. The maximum Gasteiger partial charge on any atom is 0.259 e. The van der Waals surface area contributed by atoms with Crippen LogP contribution in [0.4, 0.5) is 0 Å². The van der Waals surface area contributed by atoms with Crippen molar-refractivity contribution in [2.24, 2.45) is 4.99 Å². The van der Waals surface area contributed by atoms with Gasteiger partial charge in [-0.1, -0.05) is 12.1 Å². The second-order valence-corrected chi connectivity index (χ2v) is 7.77. The molecule has 2 aromatic rings. The summed E-state index contributed by atoms with van der Waals surface area (Å²) in [5, 5.41) is 3.44.